The first kappa shape index (κ1) is 17.9. The largest absolute Gasteiger partial charge is 0.328 e. The smallest absolute Gasteiger partial charge is 0.243 e. The molecule has 1 heterocycles. The molecule has 0 unspecified atom stereocenters. The number of para-hydroxylation sites is 1. The van der Waals surface area contributed by atoms with Crippen LogP contribution in [0.5, 0.6) is 0 Å². The third kappa shape index (κ3) is 4.32. The standard InChI is InChI=1S/C15H20N4O2S.ClH/c16-12-6-8-13(9-7-12)18-22(20,21)15-10-17-19(11-15)14-4-2-1-3-5-14;/h1-5,10-13,18H,6-9,16H2;1H. The van der Waals surface area contributed by atoms with Crippen LogP contribution < -0.4 is 10.5 Å². The number of rotatable bonds is 4. The fourth-order valence-electron chi connectivity index (χ4n) is 2.69. The highest BCUT2D eigenvalue weighted by Crippen LogP contribution is 2.20. The van der Waals surface area contributed by atoms with Gasteiger partial charge in [0.05, 0.1) is 18.1 Å². The quantitative estimate of drug-likeness (QED) is 0.874. The second-order valence-electron chi connectivity index (χ2n) is 5.69. The molecule has 126 valence electrons. The minimum Gasteiger partial charge on any atom is -0.328 e. The Hall–Kier alpha value is -1.41. The fourth-order valence-corrected chi connectivity index (χ4v) is 3.93. The van der Waals surface area contributed by atoms with Crippen molar-refractivity contribution in [3.8, 4) is 5.69 Å². The third-order valence-corrected chi connectivity index (χ3v) is 5.46. The van der Waals surface area contributed by atoms with E-state index in [0.29, 0.717) is 0 Å². The lowest BCUT2D eigenvalue weighted by Crippen LogP contribution is -2.40. The van der Waals surface area contributed by atoms with Crippen molar-refractivity contribution in [3.63, 3.8) is 0 Å². The van der Waals surface area contributed by atoms with Crippen LogP contribution in [0.1, 0.15) is 25.7 Å². The molecule has 0 saturated heterocycles. The van der Waals surface area contributed by atoms with Gasteiger partial charge in [-0.25, -0.2) is 17.8 Å². The zero-order valence-electron chi connectivity index (χ0n) is 12.6. The Morgan fingerprint density at radius 3 is 2.43 bits per heavy atom. The summed E-state index contributed by atoms with van der Waals surface area (Å²) >= 11 is 0. The van der Waals surface area contributed by atoms with Crippen LogP contribution in [-0.2, 0) is 10.0 Å². The van der Waals surface area contributed by atoms with Crippen LogP contribution in [0.2, 0.25) is 0 Å². The maximum absolute atomic E-state index is 12.4. The number of nitrogens with one attached hydrogen (secondary N) is 1. The molecule has 3 N–H and O–H groups in total. The van der Waals surface area contributed by atoms with Crippen molar-refractivity contribution in [2.24, 2.45) is 5.73 Å². The minimum absolute atomic E-state index is 0. The lowest BCUT2D eigenvalue weighted by molar-refractivity contribution is 0.373. The summed E-state index contributed by atoms with van der Waals surface area (Å²) in [5.74, 6) is 0. The van der Waals surface area contributed by atoms with E-state index >= 15 is 0 Å². The molecule has 1 aliphatic carbocycles. The highest BCUT2D eigenvalue weighted by atomic mass is 35.5. The van der Waals surface area contributed by atoms with E-state index in [1.54, 1.807) is 4.68 Å². The summed E-state index contributed by atoms with van der Waals surface area (Å²) in [4.78, 5) is 0.186. The van der Waals surface area contributed by atoms with Gasteiger partial charge >= 0.3 is 0 Å². The Morgan fingerprint density at radius 2 is 1.78 bits per heavy atom. The molecule has 6 nitrogen and oxygen atoms in total. The Bertz CT molecular complexity index is 725. The van der Waals surface area contributed by atoms with Gasteiger partial charge in [0.2, 0.25) is 10.0 Å². The molecule has 0 atom stereocenters. The molecule has 0 bridgehead atoms. The van der Waals surface area contributed by atoms with Crippen LogP contribution in [0.15, 0.2) is 47.6 Å². The van der Waals surface area contributed by atoms with E-state index in [2.05, 4.69) is 9.82 Å². The molecule has 0 aliphatic heterocycles. The molecular weight excluding hydrogens is 336 g/mol. The van der Waals surface area contributed by atoms with E-state index < -0.39 is 10.0 Å². The monoisotopic (exact) mass is 356 g/mol. The van der Waals surface area contributed by atoms with Gasteiger partial charge in [0, 0.05) is 12.1 Å². The summed E-state index contributed by atoms with van der Waals surface area (Å²) in [6.45, 7) is 0. The molecule has 1 aromatic carbocycles. The third-order valence-electron chi connectivity index (χ3n) is 3.98. The van der Waals surface area contributed by atoms with Gasteiger partial charge in [0.1, 0.15) is 4.90 Å². The first-order chi connectivity index (χ1) is 10.5. The summed E-state index contributed by atoms with van der Waals surface area (Å²) in [6, 6.07) is 9.58. The number of sulfonamides is 1. The first-order valence-corrected chi connectivity index (χ1v) is 8.91. The van der Waals surface area contributed by atoms with Gasteiger partial charge in [-0.3, -0.25) is 0 Å². The van der Waals surface area contributed by atoms with Gasteiger partial charge in [0.15, 0.2) is 0 Å². The highest BCUT2D eigenvalue weighted by Gasteiger charge is 2.25. The number of nitrogens with zero attached hydrogens (tertiary/aromatic N) is 2. The highest BCUT2D eigenvalue weighted by molar-refractivity contribution is 7.89. The van der Waals surface area contributed by atoms with Gasteiger partial charge in [-0.1, -0.05) is 18.2 Å². The molecular formula is C15H21ClN4O2S. The van der Waals surface area contributed by atoms with Crippen molar-refractivity contribution in [1.29, 1.82) is 0 Å². The van der Waals surface area contributed by atoms with E-state index in [0.717, 1.165) is 31.4 Å². The maximum Gasteiger partial charge on any atom is 0.243 e. The van der Waals surface area contributed by atoms with Crippen molar-refractivity contribution >= 4 is 22.4 Å². The summed E-state index contributed by atoms with van der Waals surface area (Å²) < 4.78 is 29.2. The van der Waals surface area contributed by atoms with Gasteiger partial charge in [-0.2, -0.15) is 5.10 Å². The van der Waals surface area contributed by atoms with E-state index in [1.165, 1.54) is 12.4 Å². The zero-order chi connectivity index (χ0) is 15.6. The lowest BCUT2D eigenvalue weighted by atomic mass is 9.93. The molecule has 1 fully saturated rings. The van der Waals surface area contributed by atoms with Gasteiger partial charge in [-0.15, -0.1) is 12.4 Å². The molecule has 0 spiro atoms. The summed E-state index contributed by atoms with van der Waals surface area (Å²) in [5.41, 5.74) is 6.68. The number of hydrogen-bond donors (Lipinski definition) is 2. The normalized spacial score (nSPS) is 21.6. The number of benzene rings is 1. The van der Waals surface area contributed by atoms with Crippen LogP contribution in [0.4, 0.5) is 0 Å². The van der Waals surface area contributed by atoms with Gasteiger partial charge < -0.3 is 5.73 Å². The van der Waals surface area contributed by atoms with E-state index in [9.17, 15) is 8.42 Å². The van der Waals surface area contributed by atoms with Crippen LogP contribution in [-0.4, -0.2) is 30.3 Å². The van der Waals surface area contributed by atoms with Crippen LogP contribution >= 0.6 is 12.4 Å². The average molecular weight is 357 g/mol. The van der Waals surface area contributed by atoms with E-state index in [-0.39, 0.29) is 29.4 Å². The van der Waals surface area contributed by atoms with Crippen molar-refractivity contribution in [2.45, 2.75) is 42.7 Å². The molecule has 1 aliphatic rings. The molecule has 0 radical (unpaired) electrons. The fraction of sp³-hybridized carbons (Fsp3) is 0.400. The summed E-state index contributed by atoms with van der Waals surface area (Å²) in [7, 11) is -3.54. The number of aromatic nitrogens is 2. The minimum atomic E-state index is -3.54. The van der Waals surface area contributed by atoms with Crippen molar-refractivity contribution < 1.29 is 8.42 Å². The molecule has 8 heteroatoms. The summed E-state index contributed by atoms with van der Waals surface area (Å²) in [6.07, 6.45) is 6.20. The maximum atomic E-state index is 12.4. The summed E-state index contributed by atoms with van der Waals surface area (Å²) in [5, 5.41) is 4.14. The Morgan fingerprint density at radius 1 is 1.13 bits per heavy atom. The van der Waals surface area contributed by atoms with Crippen LogP contribution in [0.3, 0.4) is 0 Å². The second-order valence-corrected chi connectivity index (χ2v) is 7.40. The predicted octanol–water partition coefficient (Wildman–Crippen LogP) is 1.84. The predicted molar refractivity (Wildman–Crippen MR) is 91.4 cm³/mol. The molecule has 1 saturated carbocycles. The average Bonchev–Trinajstić information content (AvgIpc) is 3.01. The number of halogens is 1. The Labute approximate surface area is 142 Å². The lowest BCUT2D eigenvalue weighted by Gasteiger charge is -2.26. The molecule has 2 aromatic rings. The van der Waals surface area contributed by atoms with E-state index in [1.807, 2.05) is 30.3 Å². The molecule has 0 amide bonds. The number of nitrogens with two attached hydrogens (primary N) is 1. The first-order valence-electron chi connectivity index (χ1n) is 7.42. The second kappa shape index (κ2) is 7.44. The van der Waals surface area contributed by atoms with Crippen LogP contribution in [0, 0.1) is 0 Å². The topological polar surface area (TPSA) is 90.0 Å². The van der Waals surface area contributed by atoms with Crippen molar-refractivity contribution in [2.75, 3.05) is 0 Å². The Kier molecular flexibility index (Phi) is 5.80. The van der Waals surface area contributed by atoms with Crippen molar-refractivity contribution in [3.05, 3.63) is 42.7 Å². The van der Waals surface area contributed by atoms with Gasteiger partial charge in [-0.05, 0) is 37.8 Å². The van der Waals surface area contributed by atoms with Crippen molar-refractivity contribution in [1.82, 2.24) is 14.5 Å². The molecule has 1 aromatic heterocycles. The SMILES string of the molecule is Cl.NC1CCC(NS(=O)(=O)c2cnn(-c3ccccc3)c2)CC1. The number of hydrogen-bond acceptors (Lipinski definition) is 4. The Balaban J connectivity index is 0.00000192. The van der Waals surface area contributed by atoms with Crippen LogP contribution in [0.25, 0.3) is 5.69 Å². The molecule has 23 heavy (non-hydrogen) atoms. The van der Waals surface area contributed by atoms with Gasteiger partial charge in [0.25, 0.3) is 0 Å². The van der Waals surface area contributed by atoms with E-state index in [4.69, 9.17) is 5.73 Å². The zero-order valence-corrected chi connectivity index (χ0v) is 14.3. The molecule has 3 rings (SSSR count).